The lowest BCUT2D eigenvalue weighted by molar-refractivity contribution is -0.170. The number of aliphatic hydroxyl groups excluding tert-OH is 1. The Morgan fingerprint density at radius 3 is 2.52 bits per heavy atom. The SMILES string of the molecule is CC(C)(C)OC(=O)ON1CCC(c2ccc(C#N)cc2)C(O)C1. The summed E-state index contributed by atoms with van der Waals surface area (Å²) in [6, 6.07) is 9.27. The van der Waals surface area contributed by atoms with Crippen molar-refractivity contribution in [1.29, 1.82) is 5.26 Å². The molecule has 0 saturated carbocycles. The number of ether oxygens (including phenoxy) is 1. The fraction of sp³-hybridized carbons (Fsp3) is 0.529. The summed E-state index contributed by atoms with van der Waals surface area (Å²) in [5.74, 6) is -0.0405. The smallest absolute Gasteiger partial charge is 0.427 e. The van der Waals surface area contributed by atoms with Crippen LogP contribution in [0.3, 0.4) is 0 Å². The van der Waals surface area contributed by atoms with Crippen molar-refractivity contribution in [3.05, 3.63) is 35.4 Å². The highest BCUT2D eigenvalue weighted by atomic mass is 16.8. The molecule has 1 aromatic rings. The second kappa shape index (κ2) is 6.99. The van der Waals surface area contributed by atoms with Crippen molar-refractivity contribution in [2.45, 2.75) is 44.8 Å². The minimum atomic E-state index is -0.762. The molecule has 0 bridgehead atoms. The summed E-state index contributed by atoms with van der Waals surface area (Å²) in [6.07, 6.45) is -0.767. The zero-order chi connectivity index (χ0) is 17.0. The van der Waals surface area contributed by atoms with Gasteiger partial charge in [0, 0.05) is 12.5 Å². The molecule has 0 amide bonds. The predicted molar refractivity (Wildman–Crippen MR) is 83.4 cm³/mol. The van der Waals surface area contributed by atoms with Gasteiger partial charge in [-0.3, -0.25) is 0 Å². The summed E-state index contributed by atoms with van der Waals surface area (Å²) in [6.45, 7) is 6.03. The van der Waals surface area contributed by atoms with Crippen molar-refractivity contribution in [1.82, 2.24) is 5.06 Å². The molecule has 0 radical (unpaired) electrons. The van der Waals surface area contributed by atoms with Crippen LogP contribution in [0.5, 0.6) is 0 Å². The van der Waals surface area contributed by atoms with Gasteiger partial charge in [0.2, 0.25) is 0 Å². The average molecular weight is 318 g/mol. The van der Waals surface area contributed by atoms with Crippen molar-refractivity contribution in [3.63, 3.8) is 0 Å². The zero-order valence-corrected chi connectivity index (χ0v) is 13.7. The van der Waals surface area contributed by atoms with Gasteiger partial charge in [0.1, 0.15) is 5.60 Å². The van der Waals surface area contributed by atoms with E-state index in [4.69, 9.17) is 14.8 Å². The maximum atomic E-state index is 11.7. The first-order chi connectivity index (χ1) is 10.8. The molecule has 1 fully saturated rings. The second-order valence-electron chi connectivity index (χ2n) is 6.64. The lowest BCUT2D eigenvalue weighted by Gasteiger charge is -2.34. The Morgan fingerprint density at radius 1 is 1.35 bits per heavy atom. The largest absolute Gasteiger partial charge is 0.528 e. The monoisotopic (exact) mass is 318 g/mol. The van der Waals surface area contributed by atoms with Crippen molar-refractivity contribution in [2.24, 2.45) is 0 Å². The van der Waals surface area contributed by atoms with Crippen LogP contribution in [-0.4, -0.2) is 41.1 Å². The molecule has 0 spiro atoms. The van der Waals surface area contributed by atoms with Crippen molar-refractivity contribution >= 4 is 6.16 Å². The van der Waals surface area contributed by atoms with E-state index in [9.17, 15) is 9.90 Å². The van der Waals surface area contributed by atoms with Gasteiger partial charge in [-0.1, -0.05) is 12.1 Å². The first-order valence-electron chi connectivity index (χ1n) is 7.62. The normalized spacial score (nSPS) is 22.2. The maximum Gasteiger partial charge on any atom is 0.528 e. The molecule has 6 nitrogen and oxygen atoms in total. The third-order valence-electron chi connectivity index (χ3n) is 3.61. The standard InChI is InChI=1S/C17H22N2O4/c1-17(2,3)22-16(21)23-19-9-8-14(15(20)11-19)13-6-4-12(10-18)5-7-13/h4-7,14-15,20H,8-9,11H2,1-3H3. The second-order valence-corrected chi connectivity index (χ2v) is 6.64. The predicted octanol–water partition coefficient (Wildman–Crippen LogP) is 2.58. The number of β-amino-alcohol motifs (C(OH)–C–C–N with tert-alkyl or cyclic N) is 1. The Labute approximate surface area is 136 Å². The van der Waals surface area contributed by atoms with Gasteiger partial charge in [-0.25, -0.2) is 4.79 Å². The van der Waals surface area contributed by atoms with Crippen LogP contribution in [0.4, 0.5) is 4.79 Å². The zero-order valence-electron chi connectivity index (χ0n) is 13.7. The molecule has 1 aliphatic heterocycles. The number of aliphatic hydroxyl groups is 1. The van der Waals surface area contributed by atoms with E-state index in [-0.39, 0.29) is 12.5 Å². The van der Waals surface area contributed by atoms with Crippen LogP contribution in [0.15, 0.2) is 24.3 Å². The van der Waals surface area contributed by atoms with Gasteiger partial charge in [-0.05, 0) is 44.9 Å². The highest BCUT2D eigenvalue weighted by Crippen LogP contribution is 2.29. The summed E-state index contributed by atoms with van der Waals surface area (Å²) in [5, 5.41) is 20.6. The van der Waals surface area contributed by atoms with Gasteiger partial charge in [-0.2, -0.15) is 5.26 Å². The minimum Gasteiger partial charge on any atom is -0.427 e. The highest BCUT2D eigenvalue weighted by Gasteiger charge is 2.31. The molecule has 2 unspecified atom stereocenters. The van der Waals surface area contributed by atoms with Gasteiger partial charge in [0.25, 0.3) is 0 Å². The summed E-state index contributed by atoms with van der Waals surface area (Å²) in [7, 11) is 0. The lowest BCUT2D eigenvalue weighted by atomic mass is 9.87. The summed E-state index contributed by atoms with van der Waals surface area (Å²) in [4.78, 5) is 16.8. The number of hydroxylamine groups is 2. The van der Waals surface area contributed by atoms with Crippen LogP contribution in [0.25, 0.3) is 0 Å². The molecule has 2 atom stereocenters. The van der Waals surface area contributed by atoms with E-state index in [0.717, 1.165) is 5.56 Å². The number of rotatable bonds is 2. The van der Waals surface area contributed by atoms with Crippen LogP contribution in [0.1, 0.15) is 44.2 Å². The minimum absolute atomic E-state index is 0.0405. The number of carbonyl (C=O) groups is 1. The van der Waals surface area contributed by atoms with E-state index in [2.05, 4.69) is 6.07 Å². The third kappa shape index (κ3) is 4.95. The fourth-order valence-corrected chi connectivity index (χ4v) is 2.55. The number of hydrogen-bond donors (Lipinski definition) is 1. The number of hydrogen-bond acceptors (Lipinski definition) is 6. The van der Waals surface area contributed by atoms with Crippen molar-refractivity contribution < 1.29 is 19.5 Å². The van der Waals surface area contributed by atoms with Crippen LogP contribution >= 0.6 is 0 Å². The third-order valence-corrected chi connectivity index (χ3v) is 3.61. The molecular weight excluding hydrogens is 296 g/mol. The van der Waals surface area contributed by atoms with Crippen LogP contribution in [-0.2, 0) is 9.57 Å². The Morgan fingerprint density at radius 2 is 2.00 bits per heavy atom. The maximum absolute atomic E-state index is 11.7. The van der Waals surface area contributed by atoms with E-state index < -0.39 is 17.9 Å². The summed E-state index contributed by atoms with van der Waals surface area (Å²) < 4.78 is 5.10. The lowest BCUT2D eigenvalue weighted by Crippen LogP contribution is -2.44. The number of carbonyl (C=O) groups excluding carboxylic acids is 1. The van der Waals surface area contributed by atoms with Crippen LogP contribution in [0, 0.1) is 11.3 Å². The Balaban J connectivity index is 1.92. The highest BCUT2D eigenvalue weighted by molar-refractivity contribution is 5.60. The first-order valence-corrected chi connectivity index (χ1v) is 7.62. The molecule has 0 aromatic heterocycles. The molecule has 1 saturated heterocycles. The molecular formula is C17H22N2O4. The van der Waals surface area contributed by atoms with Gasteiger partial charge in [0.15, 0.2) is 0 Å². The van der Waals surface area contributed by atoms with Crippen LogP contribution in [0.2, 0.25) is 0 Å². The number of piperidine rings is 1. The van der Waals surface area contributed by atoms with Crippen molar-refractivity contribution in [3.8, 4) is 6.07 Å². The number of benzene rings is 1. The number of nitriles is 1. The average Bonchev–Trinajstić information content (AvgIpc) is 2.45. The molecule has 1 heterocycles. The van der Waals surface area contributed by atoms with Crippen molar-refractivity contribution in [2.75, 3.05) is 13.1 Å². The molecule has 0 aliphatic carbocycles. The first kappa shape index (κ1) is 17.3. The number of nitrogens with zero attached hydrogens (tertiary/aromatic N) is 2. The van der Waals surface area contributed by atoms with E-state index >= 15 is 0 Å². The van der Waals surface area contributed by atoms with E-state index in [1.165, 1.54) is 5.06 Å². The van der Waals surface area contributed by atoms with Crippen LogP contribution < -0.4 is 0 Å². The molecule has 2 rings (SSSR count). The molecule has 1 N–H and O–H groups in total. The molecule has 1 aromatic carbocycles. The Bertz CT molecular complexity index is 586. The molecule has 1 aliphatic rings. The Kier molecular flexibility index (Phi) is 5.24. The summed E-state index contributed by atoms with van der Waals surface area (Å²) >= 11 is 0. The molecule has 6 heteroatoms. The topological polar surface area (TPSA) is 82.8 Å². The van der Waals surface area contributed by atoms with Gasteiger partial charge in [-0.15, -0.1) is 5.06 Å². The molecule has 124 valence electrons. The van der Waals surface area contributed by atoms with E-state index in [0.29, 0.717) is 18.5 Å². The van der Waals surface area contributed by atoms with Gasteiger partial charge >= 0.3 is 6.16 Å². The summed E-state index contributed by atoms with van der Waals surface area (Å²) in [5.41, 5.74) is 0.957. The quantitative estimate of drug-likeness (QED) is 0.844. The van der Waals surface area contributed by atoms with Gasteiger partial charge in [0.05, 0.1) is 24.3 Å². The van der Waals surface area contributed by atoms with Gasteiger partial charge < -0.3 is 14.7 Å². The molecule has 23 heavy (non-hydrogen) atoms. The Hall–Kier alpha value is -2.10. The fourth-order valence-electron chi connectivity index (χ4n) is 2.55. The van der Waals surface area contributed by atoms with E-state index in [1.54, 1.807) is 32.9 Å². The van der Waals surface area contributed by atoms with E-state index in [1.807, 2.05) is 12.1 Å².